The molecule has 0 spiro atoms. The first-order chi connectivity index (χ1) is 12.6. The van der Waals surface area contributed by atoms with E-state index in [2.05, 4.69) is 27.5 Å². The standard InChI is InChI=1S/C18H23N5O2S/c1-19-17(24)15-6-5-14(26-15)13-4-3-8-23(13)18(25)16-11-10-22(2)9-7-12(11)20-21-16/h5-6,13H,3-4,7-10H2,1-2H3,(H,19,24)(H,20,21). The number of nitrogens with zero attached hydrogens (tertiary/aromatic N) is 3. The van der Waals surface area contributed by atoms with E-state index >= 15 is 0 Å². The quantitative estimate of drug-likeness (QED) is 0.860. The molecule has 0 aromatic carbocycles. The minimum absolute atomic E-state index is 0.00445. The van der Waals surface area contributed by atoms with Crippen molar-refractivity contribution in [1.82, 2.24) is 25.3 Å². The van der Waals surface area contributed by atoms with Gasteiger partial charge in [0, 0.05) is 49.2 Å². The predicted molar refractivity (Wildman–Crippen MR) is 99.3 cm³/mol. The number of carbonyl (C=O) groups excluding carboxylic acids is 2. The van der Waals surface area contributed by atoms with E-state index in [1.807, 2.05) is 17.0 Å². The van der Waals surface area contributed by atoms with E-state index in [-0.39, 0.29) is 17.9 Å². The number of rotatable bonds is 3. The van der Waals surface area contributed by atoms with Crippen molar-refractivity contribution in [3.05, 3.63) is 38.8 Å². The normalized spacial score (nSPS) is 20.2. The minimum Gasteiger partial charge on any atom is -0.354 e. The summed E-state index contributed by atoms with van der Waals surface area (Å²) in [6.45, 7) is 2.46. The number of hydrogen-bond acceptors (Lipinski definition) is 5. The summed E-state index contributed by atoms with van der Waals surface area (Å²) in [6, 6.07) is 3.84. The monoisotopic (exact) mass is 373 g/mol. The first-order valence-electron chi connectivity index (χ1n) is 8.96. The Morgan fingerprint density at radius 3 is 3.00 bits per heavy atom. The maximum atomic E-state index is 13.2. The van der Waals surface area contributed by atoms with E-state index in [0.29, 0.717) is 10.6 Å². The molecule has 1 atom stereocenters. The van der Waals surface area contributed by atoms with E-state index in [1.54, 1.807) is 7.05 Å². The van der Waals surface area contributed by atoms with Crippen LogP contribution in [0.5, 0.6) is 0 Å². The van der Waals surface area contributed by atoms with Crippen molar-refractivity contribution in [3.8, 4) is 0 Å². The van der Waals surface area contributed by atoms with E-state index in [4.69, 9.17) is 0 Å². The van der Waals surface area contributed by atoms with Crippen LogP contribution in [-0.4, -0.2) is 59.0 Å². The summed E-state index contributed by atoms with van der Waals surface area (Å²) in [6.07, 6.45) is 2.79. The molecule has 26 heavy (non-hydrogen) atoms. The molecule has 1 fully saturated rings. The summed E-state index contributed by atoms with van der Waals surface area (Å²) >= 11 is 1.47. The second-order valence-corrected chi connectivity index (χ2v) is 8.07. The van der Waals surface area contributed by atoms with Gasteiger partial charge < -0.3 is 15.1 Å². The van der Waals surface area contributed by atoms with Gasteiger partial charge >= 0.3 is 0 Å². The summed E-state index contributed by atoms with van der Waals surface area (Å²) in [4.78, 5) is 30.9. The fourth-order valence-corrected chi connectivity index (χ4v) is 4.93. The van der Waals surface area contributed by atoms with Crippen molar-refractivity contribution in [2.75, 3.05) is 27.2 Å². The van der Waals surface area contributed by atoms with Gasteiger partial charge in [0.05, 0.1) is 10.9 Å². The van der Waals surface area contributed by atoms with Gasteiger partial charge in [-0.15, -0.1) is 11.3 Å². The Labute approximate surface area is 156 Å². The molecule has 4 heterocycles. The molecule has 2 aliphatic heterocycles. The molecule has 0 radical (unpaired) electrons. The van der Waals surface area contributed by atoms with Gasteiger partial charge in [0.15, 0.2) is 5.69 Å². The number of nitrogens with one attached hydrogen (secondary N) is 2. The molecular formula is C18H23N5O2S. The van der Waals surface area contributed by atoms with Gasteiger partial charge in [-0.05, 0) is 32.0 Å². The maximum absolute atomic E-state index is 13.2. The van der Waals surface area contributed by atoms with Gasteiger partial charge in [-0.25, -0.2) is 0 Å². The van der Waals surface area contributed by atoms with Gasteiger partial charge in [-0.2, -0.15) is 5.10 Å². The Morgan fingerprint density at radius 1 is 1.35 bits per heavy atom. The molecule has 138 valence electrons. The van der Waals surface area contributed by atoms with Crippen LogP contribution in [-0.2, 0) is 13.0 Å². The topological polar surface area (TPSA) is 81.3 Å². The zero-order valence-electron chi connectivity index (χ0n) is 15.0. The third-order valence-corrected chi connectivity index (χ3v) is 6.43. The smallest absolute Gasteiger partial charge is 0.275 e. The lowest BCUT2D eigenvalue weighted by Gasteiger charge is -2.25. The molecule has 1 saturated heterocycles. The highest BCUT2D eigenvalue weighted by atomic mass is 32.1. The molecule has 1 unspecified atom stereocenters. The second kappa shape index (κ2) is 6.85. The lowest BCUT2D eigenvalue weighted by molar-refractivity contribution is 0.0729. The lowest BCUT2D eigenvalue weighted by atomic mass is 10.0. The molecular weight excluding hydrogens is 350 g/mol. The summed E-state index contributed by atoms with van der Waals surface area (Å²) in [5, 5.41) is 10.1. The van der Waals surface area contributed by atoms with Crippen LogP contribution < -0.4 is 5.32 Å². The van der Waals surface area contributed by atoms with Gasteiger partial charge in [0.2, 0.25) is 0 Å². The van der Waals surface area contributed by atoms with Crippen LogP contribution in [0.15, 0.2) is 12.1 Å². The van der Waals surface area contributed by atoms with E-state index < -0.39 is 0 Å². The van der Waals surface area contributed by atoms with Gasteiger partial charge in [-0.1, -0.05) is 0 Å². The molecule has 0 saturated carbocycles. The molecule has 4 rings (SSSR count). The van der Waals surface area contributed by atoms with Crippen molar-refractivity contribution < 1.29 is 9.59 Å². The number of H-pyrrole nitrogens is 1. The zero-order valence-corrected chi connectivity index (χ0v) is 15.9. The third kappa shape index (κ3) is 2.93. The molecule has 2 aliphatic rings. The summed E-state index contributed by atoms with van der Waals surface area (Å²) < 4.78 is 0. The zero-order chi connectivity index (χ0) is 18.3. The summed E-state index contributed by atoms with van der Waals surface area (Å²) in [5.74, 6) is -0.0864. The fourth-order valence-electron chi connectivity index (χ4n) is 3.83. The highest BCUT2D eigenvalue weighted by Crippen LogP contribution is 2.37. The molecule has 0 bridgehead atoms. The van der Waals surface area contributed by atoms with Gasteiger partial charge in [0.1, 0.15) is 0 Å². The SMILES string of the molecule is CNC(=O)c1ccc(C2CCCN2C(=O)c2n[nH]c3c2CN(C)CC3)s1. The van der Waals surface area contributed by atoms with Crippen molar-refractivity contribution in [1.29, 1.82) is 0 Å². The molecule has 2 aromatic heterocycles. The lowest BCUT2D eigenvalue weighted by Crippen LogP contribution is -2.33. The van der Waals surface area contributed by atoms with Crippen molar-refractivity contribution in [3.63, 3.8) is 0 Å². The Hall–Kier alpha value is -2.19. The number of likely N-dealkylation sites (N-methyl/N-ethyl adjacent to an activating group) is 1. The summed E-state index contributed by atoms with van der Waals surface area (Å²) in [5.41, 5.74) is 2.67. The maximum Gasteiger partial charge on any atom is 0.275 e. The molecule has 2 aromatic rings. The highest BCUT2D eigenvalue weighted by molar-refractivity contribution is 7.14. The Balaban J connectivity index is 1.59. The number of amides is 2. The molecule has 2 N–H and O–H groups in total. The molecule has 8 heteroatoms. The Bertz CT molecular complexity index is 843. The van der Waals surface area contributed by atoms with E-state index in [1.165, 1.54) is 11.3 Å². The van der Waals surface area contributed by atoms with Crippen LogP contribution in [0.4, 0.5) is 0 Å². The minimum atomic E-state index is -0.0819. The number of aromatic nitrogens is 2. The fraction of sp³-hybridized carbons (Fsp3) is 0.500. The predicted octanol–water partition coefficient (Wildman–Crippen LogP) is 1.80. The van der Waals surface area contributed by atoms with Gasteiger partial charge in [-0.3, -0.25) is 14.7 Å². The number of likely N-dealkylation sites (tertiary alicyclic amines) is 1. The molecule has 0 aliphatic carbocycles. The van der Waals surface area contributed by atoms with Gasteiger partial charge in [0.25, 0.3) is 11.8 Å². The molecule has 7 nitrogen and oxygen atoms in total. The largest absolute Gasteiger partial charge is 0.354 e. The highest BCUT2D eigenvalue weighted by Gasteiger charge is 2.35. The van der Waals surface area contributed by atoms with Crippen LogP contribution in [0, 0.1) is 0 Å². The van der Waals surface area contributed by atoms with Crippen LogP contribution in [0.3, 0.4) is 0 Å². The number of aromatic amines is 1. The van der Waals surface area contributed by atoms with E-state index in [0.717, 1.165) is 55.0 Å². The van der Waals surface area contributed by atoms with E-state index in [9.17, 15) is 9.59 Å². The Kier molecular flexibility index (Phi) is 4.54. The number of fused-ring (bicyclic) bond motifs is 1. The summed E-state index contributed by atoms with van der Waals surface area (Å²) in [7, 11) is 3.69. The average Bonchev–Trinajstić information content (AvgIpc) is 3.37. The third-order valence-electron chi connectivity index (χ3n) is 5.25. The van der Waals surface area contributed by atoms with Crippen molar-refractivity contribution in [2.45, 2.75) is 31.8 Å². The van der Waals surface area contributed by atoms with Crippen LogP contribution in [0.25, 0.3) is 0 Å². The van der Waals surface area contributed by atoms with Crippen molar-refractivity contribution in [2.24, 2.45) is 0 Å². The van der Waals surface area contributed by atoms with Crippen LogP contribution >= 0.6 is 11.3 Å². The van der Waals surface area contributed by atoms with Crippen LogP contribution in [0.2, 0.25) is 0 Å². The van der Waals surface area contributed by atoms with Crippen LogP contribution in [0.1, 0.15) is 55.2 Å². The number of thiophene rings is 1. The average molecular weight is 373 g/mol. The number of carbonyl (C=O) groups is 2. The number of hydrogen-bond donors (Lipinski definition) is 2. The second-order valence-electron chi connectivity index (χ2n) is 6.95. The first-order valence-corrected chi connectivity index (χ1v) is 9.77. The molecule has 2 amide bonds. The first kappa shape index (κ1) is 17.2. The van der Waals surface area contributed by atoms with Crippen molar-refractivity contribution >= 4 is 23.2 Å². The Morgan fingerprint density at radius 2 is 2.19 bits per heavy atom.